The Hall–Kier alpha value is -1.70. The summed E-state index contributed by atoms with van der Waals surface area (Å²) in [7, 11) is 0. The highest BCUT2D eigenvalue weighted by atomic mass is 127. The maximum Gasteiger partial charge on any atom is 0.255 e. The third kappa shape index (κ3) is 3.19. The number of benzene rings is 2. The van der Waals surface area contributed by atoms with E-state index in [1.54, 1.807) is 18.2 Å². The van der Waals surface area contributed by atoms with Crippen LogP contribution in [0.15, 0.2) is 36.4 Å². The first-order chi connectivity index (χ1) is 8.97. The zero-order chi connectivity index (χ0) is 14.0. The monoisotopic (exact) mass is 374 g/mol. The average molecular weight is 374 g/mol. The molecule has 0 unspecified atom stereocenters. The van der Waals surface area contributed by atoms with Gasteiger partial charge in [-0.3, -0.25) is 4.79 Å². The SMILES string of the molecule is Nc1cc(NC(=O)c2cccc(I)c2)c(F)cc1F. The van der Waals surface area contributed by atoms with Crippen molar-refractivity contribution >= 4 is 39.9 Å². The minimum Gasteiger partial charge on any atom is -0.396 e. The van der Waals surface area contributed by atoms with E-state index in [2.05, 4.69) is 27.9 Å². The van der Waals surface area contributed by atoms with Crippen LogP contribution in [-0.2, 0) is 0 Å². The molecule has 2 rings (SSSR count). The van der Waals surface area contributed by atoms with Crippen LogP contribution in [0, 0.1) is 15.2 Å². The molecule has 3 nitrogen and oxygen atoms in total. The molecule has 0 aliphatic rings. The van der Waals surface area contributed by atoms with Crippen molar-refractivity contribution < 1.29 is 13.6 Å². The molecule has 0 atom stereocenters. The molecule has 0 saturated carbocycles. The molecule has 0 aromatic heterocycles. The molecular weight excluding hydrogens is 365 g/mol. The number of amides is 1. The van der Waals surface area contributed by atoms with Crippen LogP contribution in [0.25, 0.3) is 0 Å². The van der Waals surface area contributed by atoms with E-state index in [4.69, 9.17) is 5.73 Å². The first kappa shape index (κ1) is 13.7. The van der Waals surface area contributed by atoms with Gasteiger partial charge in [0, 0.05) is 15.2 Å². The van der Waals surface area contributed by atoms with Crippen molar-refractivity contribution in [2.24, 2.45) is 0 Å². The molecule has 0 heterocycles. The highest BCUT2D eigenvalue weighted by Crippen LogP contribution is 2.21. The number of nitrogens with one attached hydrogen (secondary N) is 1. The minimum atomic E-state index is -0.870. The zero-order valence-corrected chi connectivity index (χ0v) is 11.7. The Balaban J connectivity index is 2.27. The van der Waals surface area contributed by atoms with Gasteiger partial charge in [-0.2, -0.15) is 0 Å². The lowest BCUT2D eigenvalue weighted by molar-refractivity contribution is 0.102. The molecule has 19 heavy (non-hydrogen) atoms. The molecule has 6 heteroatoms. The fourth-order valence-corrected chi connectivity index (χ4v) is 2.03. The number of nitrogen functional groups attached to an aromatic ring is 1. The summed E-state index contributed by atoms with van der Waals surface area (Å²) in [5, 5.41) is 2.36. The predicted molar refractivity (Wildman–Crippen MR) is 77.9 cm³/mol. The summed E-state index contributed by atoms with van der Waals surface area (Å²) in [6, 6.07) is 8.49. The molecular formula is C13H9F2IN2O. The molecule has 0 aliphatic heterocycles. The van der Waals surface area contributed by atoms with Crippen molar-refractivity contribution in [2.75, 3.05) is 11.1 Å². The van der Waals surface area contributed by atoms with Crippen molar-refractivity contribution in [1.82, 2.24) is 0 Å². The minimum absolute atomic E-state index is 0.150. The summed E-state index contributed by atoms with van der Waals surface area (Å²) < 4.78 is 27.3. The topological polar surface area (TPSA) is 55.1 Å². The first-order valence-electron chi connectivity index (χ1n) is 5.29. The average Bonchev–Trinajstić information content (AvgIpc) is 2.36. The fourth-order valence-electron chi connectivity index (χ4n) is 1.49. The highest BCUT2D eigenvalue weighted by molar-refractivity contribution is 14.1. The molecule has 0 bridgehead atoms. The molecule has 2 aromatic carbocycles. The Bertz CT molecular complexity index is 647. The van der Waals surface area contributed by atoms with Crippen LogP contribution >= 0.6 is 22.6 Å². The lowest BCUT2D eigenvalue weighted by Gasteiger charge is -2.08. The molecule has 0 saturated heterocycles. The van der Waals surface area contributed by atoms with Crippen molar-refractivity contribution in [3.8, 4) is 0 Å². The van der Waals surface area contributed by atoms with E-state index in [1.165, 1.54) is 0 Å². The number of carbonyl (C=O) groups excluding carboxylic acids is 1. The quantitative estimate of drug-likeness (QED) is 0.626. The van der Waals surface area contributed by atoms with Crippen LogP contribution in [0.3, 0.4) is 0 Å². The van der Waals surface area contributed by atoms with Crippen molar-refractivity contribution in [1.29, 1.82) is 0 Å². The van der Waals surface area contributed by atoms with Crippen LogP contribution < -0.4 is 11.1 Å². The van der Waals surface area contributed by atoms with E-state index < -0.39 is 17.5 Å². The van der Waals surface area contributed by atoms with Gasteiger partial charge in [-0.1, -0.05) is 6.07 Å². The number of anilines is 2. The number of rotatable bonds is 2. The van der Waals surface area contributed by atoms with E-state index >= 15 is 0 Å². The second kappa shape index (κ2) is 5.52. The Morgan fingerprint density at radius 2 is 1.89 bits per heavy atom. The van der Waals surface area contributed by atoms with Gasteiger partial charge in [-0.15, -0.1) is 0 Å². The number of hydrogen-bond donors (Lipinski definition) is 2. The third-order valence-electron chi connectivity index (χ3n) is 2.42. The van der Waals surface area contributed by atoms with Gasteiger partial charge >= 0.3 is 0 Å². The highest BCUT2D eigenvalue weighted by Gasteiger charge is 2.12. The van der Waals surface area contributed by atoms with Crippen LogP contribution in [0.5, 0.6) is 0 Å². The molecule has 0 aliphatic carbocycles. The summed E-state index contributed by atoms with van der Waals surface area (Å²) in [4.78, 5) is 11.9. The number of hydrogen-bond acceptors (Lipinski definition) is 2. The largest absolute Gasteiger partial charge is 0.396 e. The summed E-state index contributed by atoms with van der Waals surface area (Å²) in [5.74, 6) is -2.21. The Morgan fingerprint density at radius 1 is 1.16 bits per heavy atom. The van der Waals surface area contributed by atoms with Gasteiger partial charge in [0.05, 0.1) is 11.4 Å². The zero-order valence-electron chi connectivity index (χ0n) is 9.58. The van der Waals surface area contributed by atoms with Gasteiger partial charge < -0.3 is 11.1 Å². The van der Waals surface area contributed by atoms with Gasteiger partial charge in [0.2, 0.25) is 0 Å². The molecule has 3 N–H and O–H groups in total. The molecule has 0 spiro atoms. The number of nitrogens with two attached hydrogens (primary N) is 1. The molecule has 0 fully saturated rings. The maximum absolute atomic E-state index is 13.5. The van der Waals surface area contributed by atoms with Gasteiger partial charge in [-0.05, 0) is 46.9 Å². The van der Waals surface area contributed by atoms with Gasteiger partial charge in [0.1, 0.15) is 11.6 Å². The Kier molecular flexibility index (Phi) is 3.98. The van der Waals surface area contributed by atoms with E-state index in [0.29, 0.717) is 11.6 Å². The van der Waals surface area contributed by atoms with E-state index in [-0.39, 0.29) is 11.4 Å². The van der Waals surface area contributed by atoms with Crippen molar-refractivity contribution in [2.45, 2.75) is 0 Å². The lowest BCUT2D eigenvalue weighted by atomic mass is 10.2. The molecule has 1 amide bonds. The summed E-state index contributed by atoms with van der Waals surface area (Å²) >= 11 is 2.06. The summed E-state index contributed by atoms with van der Waals surface area (Å²) in [6.45, 7) is 0. The number of carbonyl (C=O) groups is 1. The maximum atomic E-state index is 13.5. The standard InChI is InChI=1S/C13H9F2IN2O/c14-9-5-10(15)12(6-11(9)17)18-13(19)7-2-1-3-8(16)4-7/h1-6H,17H2,(H,18,19). The third-order valence-corrected chi connectivity index (χ3v) is 3.09. The van der Waals surface area contributed by atoms with Crippen LogP contribution in [0.2, 0.25) is 0 Å². The normalized spacial score (nSPS) is 10.3. The smallest absolute Gasteiger partial charge is 0.255 e. The summed E-state index contributed by atoms with van der Waals surface area (Å²) in [5.41, 5.74) is 5.34. The van der Waals surface area contributed by atoms with Crippen LogP contribution in [-0.4, -0.2) is 5.91 Å². The summed E-state index contributed by atoms with van der Waals surface area (Å²) in [6.07, 6.45) is 0. The molecule has 0 radical (unpaired) electrons. The van der Waals surface area contributed by atoms with Crippen molar-refractivity contribution in [3.63, 3.8) is 0 Å². The van der Waals surface area contributed by atoms with Crippen molar-refractivity contribution in [3.05, 3.63) is 57.2 Å². The fraction of sp³-hybridized carbons (Fsp3) is 0. The second-order valence-corrected chi connectivity index (χ2v) is 5.06. The Labute approximate surface area is 121 Å². The molecule has 2 aromatic rings. The van der Waals surface area contributed by atoms with Crippen LogP contribution in [0.4, 0.5) is 20.2 Å². The predicted octanol–water partition coefficient (Wildman–Crippen LogP) is 3.40. The lowest BCUT2D eigenvalue weighted by Crippen LogP contribution is -2.13. The van der Waals surface area contributed by atoms with Crippen LogP contribution in [0.1, 0.15) is 10.4 Å². The first-order valence-corrected chi connectivity index (χ1v) is 6.36. The van der Waals surface area contributed by atoms with Gasteiger partial charge in [0.25, 0.3) is 5.91 Å². The van der Waals surface area contributed by atoms with E-state index in [0.717, 1.165) is 9.64 Å². The second-order valence-electron chi connectivity index (χ2n) is 3.82. The van der Waals surface area contributed by atoms with Gasteiger partial charge in [-0.25, -0.2) is 8.78 Å². The van der Waals surface area contributed by atoms with E-state index in [1.807, 2.05) is 6.07 Å². The van der Waals surface area contributed by atoms with Gasteiger partial charge in [0.15, 0.2) is 0 Å². The Morgan fingerprint density at radius 3 is 2.58 bits per heavy atom. The molecule has 98 valence electrons. The van der Waals surface area contributed by atoms with E-state index in [9.17, 15) is 13.6 Å². The number of halogens is 3.